The molecule has 0 atom stereocenters. The second-order valence-corrected chi connectivity index (χ2v) is 4.42. The molecule has 17 heavy (non-hydrogen) atoms. The van der Waals surface area contributed by atoms with Crippen LogP contribution in [0.4, 0.5) is 0 Å². The highest BCUT2D eigenvalue weighted by Crippen LogP contribution is 2.08. The lowest BCUT2D eigenvalue weighted by Gasteiger charge is -1.96. The van der Waals surface area contributed by atoms with Crippen LogP contribution in [-0.4, -0.2) is 21.1 Å². The van der Waals surface area contributed by atoms with Gasteiger partial charge in [0.2, 0.25) is 4.77 Å². The summed E-state index contributed by atoms with van der Waals surface area (Å²) in [4.78, 5) is 11.4. The van der Waals surface area contributed by atoms with Crippen molar-refractivity contribution in [2.75, 3.05) is 0 Å². The van der Waals surface area contributed by atoms with E-state index in [1.54, 1.807) is 6.21 Å². The summed E-state index contributed by atoms with van der Waals surface area (Å²) in [6.45, 7) is 0. The zero-order chi connectivity index (χ0) is 12.3. The normalized spacial score (nSPS) is 10.9. The van der Waals surface area contributed by atoms with Crippen LogP contribution in [0.25, 0.3) is 0 Å². The van der Waals surface area contributed by atoms with E-state index in [4.69, 9.17) is 12.2 Å². The first-order valence-electron chi connectivity index (χ1n) is 4.63. The highest BCUT2D eigenvalue weighted by molar-refractivity contribution is 9.10. The van der Waals surface area contributed by atoms with Crippen molar-refractivity contribution in [2.45, 2.75) is 0 Å². The Kier molecular flexibility index (Phi) is 3.60. The lowest BCUT2D eigenvalue weighted by molar-refractivity contribution is 0.738. The highest BCUT2D eigenvalue weighted by Gasteiger charge is 1.94. The molecule has 0 radical (unpaired) electrons. The molecular formula is C10H7BrN4OS. The Morgan fingerprint density at radius 3 is 2.76 bits per heavy atom. The Bertz CT molecular complexity index is 631. The van der Waals surface area contributed by atoms with Crippen molar-refractivity contribution in [3.05, 3.63) is 55.6 Å². The molecule has 0 aliphatic heterocycles. The summed E-state index contributed by atoms with van der Waals surface area (Å²) in [6.07, 6.45) is 2.67. The molecule has 1 aromatic heterocycles. The van der Waals surface area contributed by atoms with E-state index in [2.05, 4.69) is 31.2 Å². The van der Waals surface area contributed by atoms with E-state index in [1.807, 2.05) is 24.3 Å². The summed E-state index contributed by atoms with van der Waals surface area (Å²) in [5, 5.41) is 10.1. The number of benzene rings is 1. The number of aromatic amines is 1. The quantitative estimate of drug-likeness (QED) is 0.681. The molecule has 1 aromatic carbocycles. The van der Waals surface area contributed by atoms with Gasteiger partial charge >= 0.3 is 0 Å². The Morgan fingerprint density at radius 2 is 2.12 bits per heavy atom. The average Bonchev–Trinajstić information content (AvgIpc) is 2.31. The monoisotopic (exact) mass is 310 g/mol. The smallest absolute Gasteiger partial charge is 0.265 e. The number of H-pyrrole nitrogens is 1. The molecule has 0 unspecified atom stereocenters. The van der Waals surface area contributed by atoms with E-state index in [9.17, 15) is 4.79 Å². The van der Waals surface area contributed by atoms with E-state index in [-0.39, 0.29) is 10.3 Å². The molecule has 86 valence electrons. The van der Waals surface area contributed by atoms with E-state index >= 15 is 0 Å². The maximum absolute atomic E-state index is 11.4. The number of aromatic nitrogens is 3. The van der Waals surface area contributed by atoms with E-state index < -0.39 is 0 Å². The van der Waals surface area contributed by atoms with Crippen molar-refractivity contribution in [1.29, 1.82) is 0 Å². The summed E-state index contributed by atoms with van der Waals surface area (Å²) < 4.78 is 2.21. The van der Waals surface area contributed by atoms with Gasteiger partial charge in [0.1, 0.15) is 6.20 Å². The van der Waals surface area contributed by atoms with Crippen LogP contribution in [0.5, 0.6) is 0 Å². The van der Waals surface area contributed by atoms with Gasteiger partial charge in [-0.25, -0.2) is 0 Å². The Balaban J connectivity index is 2.36. The molecule has 0 spiro atoms. The van der Waals surface area contributed by atoms with Gasteiger partial charge in [0.15, 0.2) is 0 Å². The fourth-order valence-electron chi connectivity index (χ4n) is 1.13. The fourth-order valence-corrected chi connectivity index (χ4v) is 1.58. The standard InChI is InChI=1S/C10H7BrN4OS/c11-8-3-1-7(2-4-8)5-13-15-9(16)6-12-14-10(15)17/h1-6H,(H,14,17)/b13-5+. The molecule has 1 heterocycles. The topological polar surface area (TPSA) is 63.0 Å². The molecule has 5 nitrogen and oxygen atoms in total. The third-order valence-electron chi connectivity index (χ3n) is 1.93. The fraction of sp³-hybridized carbons (Fsp3) is 0. The van der Waals surface area contributed by atoms with Crippen molar-refractivity contribution in [3.8, 4) is 0 Å². The number of hydrogen-bond acceptors (Lipinski definition) is 4. The van der Waals surface area contributed by atoms with Crippen molar-refractivity contribution in [3.63, 3.8) is 0 Å². The molecule has 0 aliphatic carbocycles. The molecular weight excluding hydrogens is 304 g/mol. The summed E-state index contributed by atoms with van der Waals surface area (Å²) >= 11 is 8.23. The largest absolute Gasteiger partial charge is 0.293 e. The van der Waals surface area contributed by atoms with Crippen molar-refractivity contribution in [2.24, 2.45) is 5.10 Å². The first kappa shape index (κ1) is 11.9. The van der Waals surface area contributed by atoms with Gasteiger partial charge in [-0.05, 0) is 29.9 Å². The van der Waals surface area contributed by atoms with Crippen LogP contribution in [0.2, 0.25) is 0 Å². The van der Waals surface area contributed by atoms with Gasteiger partial charge in [-0.1, -0.05) is 28.1 Å². The van der Waals surface area contributed by atoms with Crippen LogP contribution in [0, 0.1) is 4.77 Å². The molecule has 1 N–H and O–H groups in total. The maximum atomic E-state index is 11.4. The second-order valence-electron chi connectivity index (χ2n) is 3.12. The SMILES string of the molecule is O=c1cn[nH]c(=S)n1/N=C/c1ccc(Br)cc1. The zero-order valence-corrected chi connectivity index (χ0v) is 10.9. The minimum Gasteiger partial charge on any atom is -0.265 e. The third kappa shape index (κ3) is 2.95. The number of halogens is 1. The Morgan fingerprint density at radius 1 is 1.41 bits per heavy atom. The van der Waals surface area contributed by atoms with E-state index in [0.29, 0.717) is 0 Å². The molecule has 0 amide bonds. The highest BCUT2D eigenvalue weighted by atomic mass is 79.9. The van der Waals surface area contributed by atoms with Crippen LogP contribution < -0.4 is 5.56 Å². The van der Waals surface area contributed by atoms with Crippen LogP contribution in [0.1, 0.15) is 5.56 Å². The molecule has 0 bridgehead atoms. The van der Waals surface area contributed by atoms with Crippen molar-refractivity contribution in [1.82, 2.24) is 14.9 Å². The van der Waals surface area contributed by atoms with Gasteiger partial charge in [-0.15, -0.1) is 0 Å². The predicted molar refractivity (Wildman–Crippen MR) is 70.8 cm³/mol. The average molecular weight is 311 g/mol. The number of nitrogens with zero attached hydrogens (tertiary/aromatic N) is 3. The van der Waals surface area contributed by atoms with Crippen molar-refractivity contribution >= 4 is 34.4 Å². The Hall–Kier alpha value is -1.60. The molecule has 0 saturated heterocycles. The molecule has 0 aliphatic rings. The first-order valence-corrected chi connectivity index (χ1v) is 5.83. The minimum absolute atomic E-state index is 0.158. The van der Waals surface area contributed by atoms with Crippen LogP contribution >= 0.6 is 28.1 Å². The Labute approximate surface area is 110 Å². The molecule has 0 saturated carbocycles. The zero-order valence-electron chi connectivity index (χ0n) is 8.50. The van der Waals surface area contributed by atoms with Gasteiger partial charge < -0.3 is 0 Å². The minimum atomic E-state index is -0.373. The first-order chi connectivity index (χ1) is 8.16. The predicted octanol–water partition coefficient (Wildman–Crippen LogP) is 1.95. The summed E-state index contributed by atoms with van der Waals surface area (Å²) in [7, 11) is 0. The second kappa shape index (κ2) is 5.15. The number of hydrogen-bond donors (Lipinski definition) is 1. The van der Waals surface area contributed by atoms with E-state index in [0.717, 1.165) is 20.9 Å². The van der Waals surface area contributed by atoms with Gasteiger partial charge in [-0.3, -0.25) is 9.89 Å². The molecule has 2 rings (SSSR count). The molecule has 7 heteroatoms. The van der Waals surface area contributed by atoms with Crippen LogP contribution in [0.3, 0.4) is 0 Å². The molecule has 0 fully saturated rings. The maximum Gasteiger partial charge on any atom is 0.293 e. The number of rotatable bonds is 2. The van der Waals surface area contributed by atoms with Gasteiger partial charge in [0.25, 0.3) is 5.56 Å². The van der Waals surface area contributed by atoms with Gasteiger partial charge in [0.05, 0.1) is 6.21 Å². The van der Waals surface area contributed by atoms with Crippen molar-refractivity contribution < 1.29 is 0 Å². The van der Waals surface area contributed by atoms with Crippen LogP contribution in [0.15, 0.2) is 44.8 Å². The summed E-state index contributed by atoms with van der Waals surface area (Å²) in [5.74, 6) is 0. The lowest BCUT2D eigenvalue weighted by Crippen LogP contribution is -2.18. The lowest BCUT2D eigenvalue weighted by atomic mass is 10.2. The van der Waals surface area contributed by atoms with Gasteiger partial charge in [-0.2, -0.15) is 14.9 Å². The van der Waals surface area contributed by atoms with Gasteiger partial charge in [0, 0.05) is 4.47 Å². The summed E-state index contributed by atoms with van der Waals surface area (Å²) in [5.41, 5.74) is 0.494. The number of nitrogens with one attached hydrogen (secondary N) is 1. The molecule has 2 aromatic rings. The van der Waals surface area contributed by atoms with Crippen LogP contribution in [-0.2, 0) is 0 Å². The third-order valence-corrected chi connectivity index (χ3v) is 2.72. The van der Waals surface area contributed by atoms with E-state index in [1.165, 1.54) is 0 Å². The summed E-state index contributed by atoms with van der Waals surface area (Å²) in [6, 6.07) is 7.51.